The molecule has 2 aromatic rings. The number of nitrogens with one attached hydrogen (secondary N) is 1. The number of hydrogen-bond acceptors (Lipinski definition) is 3. The van der Waals surface area contributed by atoms with Gasteiger partial charge in [0.1, 0.15) is 4.60 Å². The summed E-state index contributed by atoms with van der Waals surface area (Å²) in [6.45, 7) is 2.29. The molecular weight excluding hydrogens is 304 g/mol. The normalized spacial score (nSPS) is 23.7. The van der Waals surface area contributed by atoms with Crippen LogP contribution < -0.4 is 5.32 Å². The molecule has 1 fully saturated rings. The molecule has 0 bridgehead atoms. The zero-order valence-electron chi connectivity index (χ0n) is 11.1. The predicted octanol–water partition coefficient (Wildman–Crippen LogP) is 3.87. The number of hydrogen-bond donors (Lipinski definition) is 1. The Morgan fingerprint density at radius 3 is 2.89 bits per heavy atom. The summed E-state index contributed by atoms with van der Waals surface area (Å²) in [5, 5.41) is 3.57. The van der Waals surface area contributed by atoms with Gasteiger partial charge in [0.15, 0.2) is 11.5 Å². The topological polar surface area (TPSA) is 42.2 Å². The Morgan fingerprint density at radius 2 is 2.16 bits per heavy atom. The SMILES string of the molecule is CCC1CCC(Nc2nc(Br)cn3ccnc23)CC1. The van der Waals surface area contributed by atoms with Crippen LogP contribution in [0.4, 0.5) is 5.82 Å². The number of anilines is 1. The lowest BCUT2D eigenvalue weighted by Crippen LogP contribution is -2.26. The van der Waals surface area contributed by atoms with Gasteiger partial charge in [0.25, 0.3) is 0 Å². The minimum Gasteiger partial charge on any atom is -0.364 e. The number of halogens is 1. The molecule has 0 radical (unpaired) electrons. The summed E-state index contributed by atoms with van der Waals surface area (Å²) in [5.74, 6) is 1.80. The Balaban J connectivity index is 1.76. The zero-order chi connectivity index (χ0) is 13.2. The monoisotopic (exact) mass is 322 g/mol. The largest absolute Gasteiger partial charge is 0.364 e. The lowest BCUT2D eigenvalue weighted by Gasteiger charge is -2.28. The highest BCUT2D eigenvalue weighted by atomic mass is 79.9. The van der Waals surface area contributed by atoms with Crippen LogP contribution in [0.15, 0.2) is 23.2 Å². The van der Waals surface area contributed by atoms with E-state index < -0.39 is 0 Å². The van der Waals surface area contributed by atoms with E-state index in [1.54, 1.807) is 0 Å². The van der Waals surface area contributed by atoms with Crippen LogP contribution in [0.25, 0.3) is 5.65 Å². The van der Waals surface area contributed by atoms with Crippen LogP contribution >= 0.6 is 15.9 Å². The standard InChI is InChI=1S/C14H19BrN4/c1-2-10-3-5-11(6-4-10)17-13-14-16-7-8-19(14)9-12(15)18-13/h7-11H,2-6H2,1H3,(H,17,18). The van der Waals surface area contributed by atoms with Gasteiger partial charge in [-0.05, 0) is 47.5 Å². The smallest absolute Gasteiger partial charge is 0.180 e. The molecule has 0 amide bonds. The molecule has 1 N–H and O–H groups in total. The van der Waals surface area contributed by atoms with Gasteiger partial charge in [0.05, 0.1) is 0 Å². The summed E-state index contributed by atoms with van der Waals surface area (Å²) in [7, 11) is 0. The maximum Gasteiger partial charge on any atom is 0.180 e. The first-order chi connectivity index (χ1) is 9.26. The van der Waals surface area contributed by atoms with Crippen LogP contribution in [0.2, 0.25) is 0 Å². The van der Waals surface area contributed by atoms with Gasteiger partial charge in [-0.2, -0.15) is 0 Å². The molecule has 0 saturated heterocycles. The molecule has 0 aliphatic heterocycles. The van der Waals surface area contributed by atoms with Gasteiger partial charge in [-0.15, -0.1) is 0 Å². The van der Waals surface area contributed by atoms with E-state index in [1.807, 2.05) is 23.0 Å². The molecule has 4 nitrogen and oxygen atoms in total. The van der Waals surface area contributed by atoms with Gasteiger partial charge < -0.3 is 9.72 Å². The highest BCUT2D eigenvalue weighted by Gasteiger charge is 2.21. The van der Waals surface area contributed by atoms with E-state index in [9.17, 15) is 0 Å². The van der Waals surface area contributed by atoms with Crippen molar-refractivity contribution in [2.24, 2.45) is 5.92 Å². The van der Waals surface area contributed by atoms with E-state index in [1.165, 1.54) is 32.1 Å². The van der Waals surface area contributed by atoms with E-state index in [2.05, 4.69) is 38.1 Å². The van der Waals surface area contributed by atoms with Crippen molar-refractivity contribution in [2.75, 3.05) is 5.32 Å². The molecule has 102 valence electrons. The van der Waals surface area contributed by atoms with E-state index in [4.69, 9.17) is 0 Å². The summed E-state index contributed by atoms with van der Waals surface area (Å²) >= 11 is 3.45. The van der Waals surface area contributed by atoms with E-state index >= 15 is 0 Å². The fourth-order valence-electron chi connectivity index (χ4n) is 2.91. The number of rotatable bonds is 3. The number of aromatic nitrogens is 3. The quantitative estimate of drug-likeness (QED) is 0.932. The summed E-state index contributed by atoms with van der Waals surface area (Å²) in [5.41, 5.74) is 0.904. The molecule has 0 aromatic carbocycles. The second-order valence-electron chi connectivity index (χ2n) is 5.34. The van der Waals surface area contributed by atoms with Crippen molar-refractivity contribution >= 4 is 27.4 Å². The van der Waals surface area contributed by atoms with Crippen molar-refractivity contribution in [1.29, 1.82) is 0 Å². The van der Waals surface area contributed by atoms with Gasteiger partial charge in [-0.25, -0.2) is 9.97 Å². The molecule has 1 saturated carbocycles. The Morgan fingerprint density at radius 1 is 1.37 bits per heavy atom. The first kappa shape index (κ1) is 12.9. The molecule has 1 aliphatic carbocycles. The third-order valence-electron chi connectivity index (χ3n) is 4.11. The number of nitrogens with zero attached hydrogens (tertiary/aromatic N) is 3. The molecule has 0 unspecified atom stereocenters. The van der Waals surface area contributed by atoms with E-state index in [-0.39, 0.29) is 0 Å². The fraction of sp³-hybridized carbons (Fsp3) is 0.571. The van der Waals surface area contributed by atoms with Crippen molar-refractivity contribution in [3.8, 4) is 0 Å². The first-order valence-corrected chi connectivity index (χ1v) is 7.81. The second-order valence-corrected chi connectivity index (χ2v) is 6.15. The third kappa shape index (κ3) is 2.76. The van der Waals surface area contributed by atoms with Crippen molar-refractivity contribution in [2.45, 2.75) is 45.1 Å². The van der Waals surface area contributed by atoms with Crippen molar-refractivity contribution in [3.63, 3.8) is 0 Å². The van der Waals surface area contributed by atoms with Crippen molar-refractivity contribution in [3.05, 3.63) is 23.2 Å². The van der Waals surface area contributed by atoms with Crippen LogP contribution in [-0.2, 0) is 0 Å². The third-order valence-corrected chi connectivity index (χ3v) is 4.49. The highest BCUT2D eigenvalue weighted by Crippen LogP contribution is 2.29. The number of fused-ring (bicyclic) bond motifs is 1. The van der Waals surface area contributed by atoms with Gasteiger partial charge in [0.2, 0.25) is 0 Å². The molecular formula is C14H19BrN4. The van der Waals surface area contributed by atoms with Crippen molar-refractivity contribution in [1.82, 2.24) is 14.4 Å². The van der Waals surface area contributed by atoms with Gasteiger partial charge >= 0.3 is 0 Å². The second kappa shape index (κ2) is 5.49. The van der Waals surface area contributed by atoms with Crippen LogP contribution in [0, 0.1) is 5.92 Å². The molecule has 2 heterocycles. The van der Waals surface area contributed by atoms with Crippen molar-refractivity contribution < 1.29 is 0 Å². The van der Waals surface area contributed by atoms with Crippen LogP contribution in [0.1, 0.15) is 39.0 Å². The summed E-state index contributed by atoms with van der Waals surface area (Å²) in [6, 6.07) is 0.533. The Labute approximate surface area is 121 Å². The highest BCUT2D eigenvalue weighted by molar-refractivity contribution is 9.10. The minimum atomic E-state index is 0.533. The van der Waals surface area contributed by atoms with Gasteiger partial charge in [-0.3, -0.25) is 0 Å². The molecule has 0 spiro atoms. The molecule has 1 aliphatic rings. The zero-order valence-corrected chi connectivity index (χ0v) is 12.7. The Kier molecular flexibility index (Phi) is 3.73. The molecule has 2 aromatic heterocycles. The summed E-state index contributed by atoms with van der Waals surface area (Å²) in [6.07, 6.45) is 12.1. The lowest BCUT2D eigenvalue weighted by molar-refractivity contribution is 0.330. The predicted molar refractivity (Wildman–Crippen MR) is 80.3 cm³/mol. The van der Waals surface area contributed by atoms with E-state index in [0.717, 1.165) is 22.0 Å². The average Bonchev–Trinajstić information content (AvgIpc) is 2.88. The Hall–Kier alpha value is -1.10. The van der Waals surface area contributed by atoms with Crippen LogP contribution in [0.5, 0.6) is 0 Å². The Bertz CT molecular complexity index is 558. The number of imidazole rings is 1. The summed E-state index contributed by atoms with van der Waals surface area (Å²) in [4.78, 5) is 8.90. The van der Waals surface area contributed by atoms with Gasteiger partial charge in [0, 0.05) is 24.6 Å². The summed E-state index contributed by atoms with van der Waals surface area (Å²) < 4.78 is 2.83. The van der Waals surface area contributed by atoms with Crippen LogP contribution in [0.3, 0.4) is 0 Å². The molecule has 19 heavy (non-hydrogen) atoms. The maximum atomic E-state index is 4.53. The average molecular weight is 323 g/mol. The molecule has 5 heteroatoms. The van der Waals surface area contributed by atoms with E-state index in [0.29, 0.717) is 6.04 Å². The molecule has 3 rings (SSSR count). The fourth-order valence-corrected chi connectivity index (χ4v) is 3.30. The van der Waals surface area contributed by atoms with Crippen LogP contribution in [-0.4, -0.2) is 20.4 Å². The lowest BCUT2D eigenvalue weighted by atomic mass is 9.84. The van der Waals surface area contributed by atoms with Gasteiger partial charge in [-0.1, -0.05) is 13.3 Å². The molecule has 0 atom stereocenters. The first-order valence-electron chi connectivity index (χ1n) is 7.02. The minimum absolute atomic E-state index is 0.533. The maximum absolute atomic E-state index is 4.53.